The molecule has 0 aliphatic carbocycles. The fourth-order valence-electron chi connectivity index (χ4n) is 1.53. The molecule has 3 nitrogen and oxygen atoms in total. The summed E-state index contributed by atoms with van der Waals surface area (Å²) in [6.45, 7) is 2.93. The van der Waals surface area contributed by atoms with Crippen LogP contribution in [0.2, 0.25) is 0 Å². The molecule has 0 fully saturated rings. The highest BCUT2D eigenvalue weighted by molar-refractivity contribution is 9.10. The van der Waals surface area contributed by atoms with Crippen molar-refractivity contribution in [2.24, 2.45) is 0 Å². The predicted molar refractivity (Wildman–Crippen MR) is 59.7 cm³/mol. The van der Waals surface area contributed by atoms with Gasteiger partial charge in [-0.3, -0.25) is 4.68 Å². The average molecular weight is 255 g/mol. The number of ether oxygens (including phenoxy) is 1. The molecule has 0 amide bonds. The van der Waals surface area contributed by atoms with E-state index < -0.39 is 0 Å². The SMILES string of the molecule is CCn1ncc2c(OC)cc(Br)cc21. The third kappa shape index (κ3) is 1.39. The lowest BCUT2D eigenvalue weighted by molar-refractivity contribution is 0.419. The summed E-state index contributed by atoms with van der Waals surface area (Å²) in [6.07, 6.45) is 1.84. The molecule has 2 aromatic rings. The van der Waals surface area contributed by atoms with Gasteiger partial charge < -0.3 is 4.74 Å². The van der Waals surface area contributed by atoms with Gasteiger partial charge in [-0.25, -0.2) is 0 Å². The zero-order chi connectivity index (χ0) is 10.1. The Bertz CT molecular complexity index is 464. The van der Waals surface area contributed by atoms with Crippen molar-refractivity contribution in [2.45, 2.75) is 13.5 Å². The van der Waals surface area contributed by atoms with Gasteiger partial charge in [-0.05, 0) is 19.1 Å². The molecule has 14 heavy (non-hydrogen) atoms. The van der Waals surface area contributed by atoms with Crippen LogP contribution in [-0.4, -0.2) is 16.9 Å². The van der Waals surface area contributed by atoms with E-state index >= 15 is 0 Å². The zero-order valence-corrected chi connectivity index (χ0v) is 9.71. The van der Waals surface area contributed by atoms with Gasteiger partial charge in [0, 0.05) is 11.0 Å². The minimum atomic E-state index is 0.856. The number of nitrogens with zero attached hydrogens (tertiary/aromatic N) is 2. The van der Waals surface area contributed by atoms with Crippen molar-refractivity contribution >= 4 is 26.8 Å². The number of halogens is 1. The van der Waals surface area contributed by atoms with Crippen LogP contribution in [0, 0.1) is 0 Å². The Balaban J connectivity index is 2.76. The minimum Gasteiger partial charge on any atom is -0.496 e. The highest BCUT2D eigenvalue weighted by Crippen LogP contribution is 2.29. The Kier molecular flexibility index (Phi) is 2.46. The lowest BCUT2D eigenvalue weighted by Crippen LogP contribution is -1.95. The van der Waals surface area contributed by atoms with Gasteiger partial charge in [0.05, 0.1) is 24.2 Å². The molecule has 4 heteroatoms. The molecule has 1 aromatic carbocycles. The largest absolute Gasteiger partial charge is 0.496 e. The van der Waals surface area contributed by atoms with Crippen LogP contribution in [0.5, 0.6) is 5.75 Å². The molecule has 1 aromatic heterocycles. The molecule has 0 radical (unpaired) electrons. The van der Waals surface area contributed by atoms with Crippen LogP contribution in [0.15, 0.2) is 22.8 Å². The molecular weight excluding hydrogens is 244 g/mol. The number of methoxy groups -OCH3 is 1. The van der Waals surface area contributed by atoms with Crippen molar-refractivity contribution in [1.29, 1.82) is 0 Å². The monoisotopic (exact) mass is 254 g/mol. The van der Waals surface area contributed by atoms with E-state index in [4.69, 9.17) is 4.74 Å². The standard InChI is InChI=1S/C10H11BrN2O/c1-3-13-9-4-7(11)5-10(14-2)8(9)6-12-13/h4-6H,3H2,1-2H3. The minimum absolute atomic E-state index is 0.856. The summed E-state index contributed by atoms with van der Waals surface area (Å²) in [5.74, 6) is 0.856. The maximum Gasteiger partial charge on any atom is 0.130 e. The molecule has 0 saturated heterocycles. The van der Waals surface area contributed by atoms with Crippen molar-refractivity contribution in [3.63, 3.8) is 0 Å². The van der Waals surface area contributed by atoms with E-state index in [9.17, 15) is 0 Å². The number of rotatable bonds is 2. The number of benzene rings is 1. The summed E-state index contributed by atoms with van der Waals surface area (Å²) in [5, 5.41) is 5.33. The Morgan fingerprint density at radius 1 is 1.50 bits per heavy atom. The molecule has 74 valence electrons. The number of aromatic nitrogens is 2. The number of hydrogen-bond acceptors (Lipinski definition) is 2. The van der Waals surface area contributed by atoms with E-state index in [1.807, 2.05) is 23.0 Å². The molecule has 0 aliphatic rings. The highest BCUT2D eigenvalue weighted by Gasteiger charge is 2.07. The maximum absolute atomic E-state index is 5.28. The van der Waals surface area contributed by atoms with E-state index in [1.165, 1.54) is 0 Å². The first-order valence-electron chi connectivity index (χ1n) is 4.45. The quantitative estimate of drug-likeness (QED) is 0.825. The van der Waals surface area contributed by atoms with Crippen LogP contribution in [0.25, 0.3) is 10.9 Å². The van der Waals surface area contributed by atoms with Crippen LogP contribution < -0.4 is 4.74 Å². The van der Waals surface area contributed by atoms with Crippen LogP contribution in [0.1, 0.15) is 6.92 Å². The lowest BCUT2D eigenvalue weighted by Gasteiger charge is -2.03. The van der Waals surface area contributed by atoms with Gasteiger partial charge in [-0.1, -0.05) is 15.9 Å². The fraction of sp³-hybridized carbons (Fsp3) is 0.300. The van der Waals surface area contributed by atoms with Gasteiger partial charge in [0.15, 0.2) is 0 Å². The summed E-state index contributed by atoms with van der Waals surface area (Å²) in [4.78, 5) is 0. The van der Waals surface area contributed by atoms with Gasteiger partial charge >= 0.3 is 0 Å². The first kappa shape index (κ1) is 9.52. The molecular formula is C10H11BrN2O. The first-order valence-corrected chi connectivity index (χ1v) is 5.24. The van der Waals surface area contributed by atoms with Crippen molar-refractivity contribution in [1.82, 2.24) is 9.78 Å². The topological polar surface area (TPSA) is 27.1 Å². The van der Waals surface area contributed by atoms with E-state index in [2.05, 4.69) is 28.0 Å². The van der Waals surface area contributed by atoms with E-state index in [-0.39, 0.29) is 0 Å². The van der Waals surface area contributed by atoms with Crippen molar-refractivity contribution in [3.05, 3.63) is 22.8 Å². The summed E-state index contributed by atoms with van der Waals surface area (Å²) in [6, 6.07) is 4.00. The van der Waals surface area contributed by atoms with E-state index in [0.717, 1.165) is 27.7 Å². The molecule has 0 spiro atoms. The molecule has 0 unspecified atom stereocenters. The lowest BCUT2D eigenvalue weighted by atomic mass is 10.2. The van der Waals surface area contributed by atoms with Crippen LogP contribution >= 0.6 is 15.9 Å². The third-order valence-electron chi connectivity index (χ3n) is 2.21. The van der Waals surface area contributed by atoms with Crippen LogP contribution in [-0.2, 0) is 6.54 Å². The van der Waals surface area contributed by atoms with Gasteiger partial charge in [-0.2, -0.15) is 5.10 Å². The fourth-order valence-corrected chi connectivity index (χ4v) is 1.96. The highest BCUT2D eigenvalue weighted by atomic mass is 79.9. The number of aryl methyl sites for hydroxylation is 1. The maximum atomic E-state index is 5.28. The zero-order valence-electron chi connectivity index (χ0n) is 8.12. The Morgan fingerprint density at radius 2 is 2.29 bits per heavy atom. The second kappa shape index (κ2) is 3.61. The normalized spacial score (nSPS) is 10.8. The van der Waals surface area contributed by atoms with Gasteiger partial charge in [-0.15, -0.1) is 0 Å². The average Bonchev–Trinajstić information content (AvgIpc) is 2.59. The second-order valence-electron chi connectivity index (χ2n) is 3.00. The van der Waals surface area contributed by atoms with Crippen molar-refractivity contribution in [2.75, 3.05) is 7.11 Å². The Morgan fingerprint density at radius 3 is 2.93 bits per heavy atom. The van der Waals surface area contributed by atoms with Gasteiger partial charge in [0.1, 0.15) is 5.75 Å². The first-order chi connectivity index (χ1) is 6.76. The summed E-state index contributed by atoms with van der Waals surface area (Å²) >= 11 is 3.45. The van der Waals surface area contributed by atoms with Crippen molar-refractivity contribution in [3.8, 4) is 5.75 Å². The molecule has 0 atom stereocenters. The smallest absolute Gasteiger partial charge is 0.130 e. The molecule has 0 saturated carbocycles. The Labute approximate surface area is 90.8 Å². The molecule has 2 rings (SSSR count). The molecule has 1 heterocycles. The van der Waals surface area contributed by atoms with Crippen LogP contribution in [0.3, 0.4) is 0 Å². The summed E-state index contributed by atoms with van der Waals surface area (Å²) < 4.78 is 8.24. The van der Waals surface area contributed by atoms with Crippen LogP contribution in [0.4, 0.5) is 0 Å². The Hall–Kier alpha value is -1.03. The summed E-state index contributed by atoms with van der Waals surface area (Å²) in [7, 11) is 1.67. The van der Waals surface area contributed by atoms with E-state index in [1.54, 1.807) is 7.11 Å². The van der Waals surface area contributed by atoms with Gasteiger partial charge in [0.25, 0.3) is 0 Å². The predicted octanol–water partition coefficient (Wildman–Crippen LogP) is 2.83. The number of hydrogen-bond donors (Lipinski definition) is 0. The molecule has 0 bridgehead atoms. The van der Waals surface area contributed by atoms with E-state index in [0.29, 0.717) is 0 Å². The van der Waals surface area contributed by atoms with Gasteiger partial charge in [0.2, 0.25) is 0 Å². The second-order valence-corrected chi connectivity index (χ2v) is 3.92. The third-order valence-corrected chi connectivity index (χ3v) is 2.67. The molecule has 0 aliphatic heterocycles. The summed E-state index contributed by atoms with van der Waals surface area (Å²) in [5.41, 5.74) is 1.10. The number of fused-ring (bicyclic) bond motifs is 1. The molecule has 0 N–H and O–H groups in total. The van der Waals surface area contributed by atoms with Crippen molar-refractivity contribution < 1.29 is 4.74 Å².